The van der Waals surface area contributed by atoms with Crippen LogP contribution >= 0.6 is 0 Å². The molecule has 0 aromatic carbocycles. The summed E-state index contributed by atoms with van der Waals surface area (Å²) in [4.78, 5) is 11.5. The van der Waals surface area contributed by atoms with Crippen LogP contribution in [0.5, 0.6) is 0 Å². The second kappa shape index (κ2) is 6.99. The Morgan fingerprint density at radius 2 is 2.21 bits per heavy atom. The highest BCUT2D eigenvalue weighted by molar-refractivity contribution is 5.78. The minimum atomic E-state index is 0.481. The topological polar surface area (TPSA) is 29.1 Å². The molecule has 1 saturated heterocycles. The van der Waals surface area contributed by atoms with Gasteiger partial charge < -0.3 is 5.32 Å². The minimum Gasteiger partial charge on any atom is -0.316 e. The van der Waals surface area contributed by atoms with E-state index < -0.39 is 0 Å². The molecule has 0 bridgehead atoms. The van der Waals surface area contributed by atoms with Gasteiger partial charge in [0, 0.05) is 12.8 Å². The van der Waals surface area contributed by atoms with Crippen molar-refractivity contribution in [1.29, 1.82) is 0 Å². The van der Waals surface area contributed by atoms with Gasteiger partial charge in [-0.25, -0.2) is 0 Å². The maximum atomic E-state index is 11.5. The lowest BCUT2D eigenvalue weighted by Gasteiger charge is -2.06. The highest BCUT2D eigenvalue weighted by Crippen LogP contribution is 2.14. The number of hydrogen-bond donors (Lipinski definition) is 1. The molecule has 1 unspecified atom stereocenters. The zero-order chi connectivity index (χ0) is 10.2. The van der Waals surface area contributed by atoms with Crippen LogP contribution in [0.3, 0.4) is 0 Å². The van der Waals surface area contributed by atoms with E-state index in [-0.39, 0.29) is 0 Å². The Morgan fingerprint density at radius 3 is 2.86 bits per heavy atom. The summed E-state index contributed by atoms with van der Waals surface area (Å²) in [5, 5.41) is 3.30. The molecule has 0 spiro atoms. The van der Waals surface area contributed by atoms with Gasteiger partial charge in [-0.2, -0.15) is 0 Å². The van der Waals surface area contributed by atoms with Gasteiger partial charge in [0.25, 0.3) is 0 Å². The predicted molar refractivity (Wildman–Crippen MR) is 59.4 cm³/mol. The third-order valence-electron chi connectivity index (χ3n) is 2.99. The first-order valence-electron chi connectivity index (χ1n) is 6.05. The fourth-order valence-corrected chi connectivity index (χ4v) is 2.06. The SMILES string of the molecule is CCCCCCC(=O)CC1CCNC1. The number of rotatable bonds is 7. The Hall–Kier alpha value is -0.370. The molecule has 82 valence electrons. The third-order valence-corrected chi connectivity index (χ3v) is 2.99. The molecule has 0 aromatic rings. The molecular formula is C12H23NO. The molecule has 0 aliphatic carbocycles. The van der Waals surface area contributed by atoms with E-state index in [2.05, 4.69) is 12.2 Å². The van der Waals surface area contributed by atoms with Gasteiger partial charge in [-0.3, -0.25) is 4.79 Å². The van der Waals surface area contributed by atoms with Gasteiger partial charge in [-0.1, -0.05) is 26.2 Å². The Kier molecular flexibility index (Phi) is 5.85. The number of ketones is 1. The van der Waals surface area contributed by atoms with E-state index >= 15 is 0 Å². The molecule has 1 heterocycles. The van der Waals surface area contributed by atoms with Crippen LogP contribution in [0.15, 0.2) is 0 Å². The van der Waals surface area contributed by atoms with Crippen LogP contribution in [0.4, 0.5) is 0 Å². The molecule has 0 amide bonds. The molecule has 2 heteroatoms. The maximum absolute atomic E-state index is 11.5. The van der Waals surface area contributed by atoms with E-state index in [9.17, 15) is 4.79 Å². The van der Waals surface area contributed by atoms with Crippen molar-refractivity contribution in [2.75, 3.05) is 13.1 Å². The number of carbonyl (C=O) groups excluding carboxylic acids is 1. The fourth-order valence-electron chi connectivity index (χ4n) is 2.06. The Balaban J connectivity index is 1.98. The lowest BCUT2D eigenvalue weighted by Crippen LogP contribution is -2.12. The van der Waals surface area contributed by atoms with E-state index in [1.165, 1.54) is 25.7 Å². The van der Waals surface area contributed by atoms with Crippen molar-refractivity contribution in [2.24, 2.45) is 5.92 Å². The summed E-state index contributed by atoms with van der Waals surface area (Å²) in [6.45, 7) is 4.36. The Labute approximate surface area is 87.5 Å². The maximum Gasteiger partial charge on any atom is 0.133 e. The quantitative estimate of drug-likeness (QED) is 0.635. The third kappa shape index (κ3) is 4.75. The zero-order valence-electron chi connectivity index (χ0n) is 9.35. The number of nitrogens with one attached hydrogen (secondary N) is 1. The summed E-state index contributed by atoms with van der Waals surface area (Å²) in [7, 11) is 0. The summed E-state index contributed by atoms with van der Waals surface area (Å²) < 4.78 is 0. The van der Waals surface area contributed by atoms with Gasteiger partial charge in [0.05, 0.1) is 0 Å². The van der Waals surface area contributed by atoms with Crippen molar-refractivity contribution < 1.29 is 4.79 Å². The lowest BCUT2D eigenvalue weighted by atomic mass is 9.98. The van der Waals surface area contributed by atoms with E-state index in [0.29, 0.717) is 11.7 Å². The van der Waals surface area contributed by atoms with Gasteiger partial charge in [0.15, 0.2) is 0 Å². The second-order valence-corrected chi connectivity index (χ2v) is 4.41. The largest absolute Gasteiger partial charge is 0.316 e. The molecule has 1 aliphatic rings. The van der Waals surface area contributed by atoms with Gasteiger partial charge in [0.1, 0.15) is 5.78 Å². The standard InChI is InChI=1S/C12H23NO/c1-2-3-4-5-6-12(14)9-11-7-8-13-10-11/h11,13H,2-10H2,1H3. The van der Waals surface area contributed by atoms with Gasteiger partial charge in [-0.15, -0.1) is 0 Å². The molecule has 14 heavy (non-hydrogen) atoms. The van der Waals surface area contributed by atoms with Gasteiger partial charge in [0.2, 0.25) is 0 Å². The molecule has 2 nitrogen and oxygen atoms in total. The molecule has 0 aromatic heterocycles. The fraction of sp³-hybridized carbons (Fsp3) is 0.917. The van der Waals surface area contributed by atoms with Crippen molar-refractivity contribution in [2.45, 2.75) is 51.9 Å². The monoisotopic (exact) mass is 197 g/mol. The van der Waals surface area contributed by atoms with Crippen LogP contribution in [-0.4, -0.2) is 18.9 Å². The van der Waals surface area contributed by atoms with Crippen LogP contribution < -0.4 is 5.32 Å². The molecule has 0 radical (unpaired) electrons. The van der Waals surface area contributed by atoms with Crippen molar-refractivity contribution in [3.05, 3.63) is 0 Å². The molecule has 1 fully saturated rings. The van der Waals surface area contributed by atoms with Gasteiger partial charge >= 0.3 is 0 Å². The first-order valence-corrected chi connectivity index (χ1v) is 6.05. The average molecular weight is 197 g/mol. The van der Waals surface area contributed by atoms with Gasteiger partial charge in [-0.05, 0) is 31.8 Å². The molecule has 1 rings (SSSR count). The van der Waals surface area contributed by atoms with E-state index in [1.807, 2.05) is 0 Å². The highest BCUT2D eigenvalue weighted by Gasteiger charge is 2.17. The summed E-state index contributed by atoms with van der Waals surface area (Å²) in [6, 6.07) is 0. The number of carbonyl (C=O) groups is 1. The summed E-state index contributed by atoms with van der Waals surface area (Å²) in [5.41, 5.74) is 0. The van der Waals surface area contributed by atoms with E-state index in [4.69, 9.17) is 0 Å². The van der Waals surface area contributed by atoms with Crippen molar-refractivity contribution in [1.82, 2.24) is 5.32 Å². The second-order valence-electron chi connectivity index (χ2n) is 4.41. The normalized spacial score (nSPS) is 21.4. The first kappa shape index (κ1) is 11.7. The van der Waals surface area contributed by atoms with E-state index in [0.717, 1.165) is 32.4 Å². The lowest BCUT2D eigenvalue weighted by molar-refractivity contribution is -0.119. The van der Waals surface area contributed by atoms with Crippen molar-refractivity contribution in [3.63, 3.8) is 0 Å². The predicted octanol–water partition coefficient (Wildman–Crippen LogP) is 2.53. The molecule has 0 saturated carbocycles. The number of Topliss-reactive ketones (excluding diaryl/α,β-unsaturated/α-hetero) is 1. The summed E-state index contributed by atoms with van der Waals surface area (Å²) in [5.74, 6) is 1.11. The molecule has 1 atom stereocenters. The smallest absolute Gasteiger partial charge is 0.133 e. The minimum absolute atomic E-state index is 0.481. The number of unbranched alkanes of at least 4 members (excludes halogenated alkanes) is 3. The van der Waals surface area contributed by atoms with Crippen molar-refractivity contribution >= 4 is 5.78 Å². The highest BCUT2D eigenvalue weighted by atomic mass is 16.1. The molecule has 1 N–H and O–H groups in total. The van der Waals surface area contributed by atoms with E-state index in [1.54, 1.807) is 0 Å². The molecule has 1 aliphatic heterocycles. The first-order chi connectivity index (χ1) is 6.83. The van der Waals surface area contributed by atoms with Crippen LogP contribution in [0.25, 0.3) is 0 Å². The van der Waals surface area contributed by atoms with Crippen molar-refractivity contribution in [3.8, 4) is 0 Å². The Bertz CT molecular complexity index is 162. The van der Waals surface area contributed by atoms with Crippen LogP contribution in [0.1, 0.15) is 51.9 Å². The zero-order valence-corrected chi connectivity index (χ0v) is 9.35. The summed E-state index contributed by atoms with van der Waals surface area (Å²) >= 11 is 0. The summed E-state index contributed by atoms with van der Waals surface area (Å²) in [6.07, 6.45) is 7.69. The molecular weight excluding hydrogens is 174 g/mol. The number of hydrogen-bond acceptors (Lipinski definition) is 2. The Morgan fingerprint density at radius 1 is 1.36 bits per heavy atom. The van der Waals surface area contributed by atoms with Crippen LogP contribution in [0, 0.1) is 5.92 Å². The average Bonchev–Trinajstić information content (AvgIpc) is 2.65. The van der Waals surface area contributed by atoms with Crippen LogP contribution in [0.2, 0.25) is 0 Å². The van der Waals surface area contributed by atoms with Crippen LogP contribution in [-0.2, 0) is 4.79 Å².